The van der Waals surface area contributed by atoms with Crippen LogP contribution in [0.4, 0.5) is 0 Å². The van der Waals surface area contributed by atoms with Gasteiger partial charge in [0.2, 0.25) is 0 Å². The standard InChI is InChI=1S/C7H10O4S/c1-3-12(10,11)6(2)4-5-7(8)9/h3H,1-2,4-5H2,(H,8,9). The molecule has 0 bridgehead atoms. The summed E-state index contributed by atoms with van der Waals surface area (Å²) in [5.41, 5.74) is 0. The average molecular weight is 190 g/mol. The van der Waals surface area contributed by atoms with Crippen LogP contribution in [0.3, 0.4) is 0 Å². The molecule has 0 aromatic rings. The van der Waals surface area contributed by atoms with Gasteiger partial charge in [0.25, 0.3) is 0 Å². The van der Waals surface area contributed by atoms with Crippen molar-refractivity contribution in [2.75, 3.05) is 0 Å². The minimum Gasteiger partial charge on any atom is -0.481 e. The van der Waals surface area contributed by atoms with Crippen LogP contribution in [0.2, 0.25) is 0 Å². The highest BCUT2D eigenvalue weighted by Crippen LogP contribution is 2.11. The Morgan fingerprint density at radius 1 is 1.42 bits per heavy atom. The second kappa shape index (κ2) is 4.06. The van der Waals surface area contributed by atoms with Crippen LogP contribution in [0, 0.1) is 0 Å². The zero-order valence-corrected chi connectivity index (χ0v) is 7.30. The number of carboxylic acid groups (broad SMARTS) is 1. The van der Waals surface area contributed by atoms with Crippen LogP contribution in [0.25, 0.3) is 0 Å². The number of carboxylic acids is 1. The van der Waals surface area contributed by atoms with Gasteiger partial charge < -0.3 is 5.11 Å². The highest BCUT2D eigenvalue weighted by Gasteiger charge is 2.11. The molecule has 1 N–H and O–H groups in total. The maximum Gasteiger partial charge on any atom is 0.303 e. The number of hydrogen-bond donors (Lipinski definition) is 1. The molecule has 0 amide bonds. The molecule has 0 spiro atoms. The molecule has 0 saturated carbocycles. The van der Waals surface area contributed by atoms with Crippen molar-refractivity contribution in [3.05, 3.63) is 23.5 Å². The second-order valence-electron chi connectivity index (χ2n) is 2.14. The van der Waals surface area contributed by atoms with E-state index in [9.17, 15) is 13.2 Å². The number of allylic oxidation sites excluding steroid dienone is 1. The molecule has 0 aliphatic carbocycles. The van der Waals surface area contributed by atoms with Crippen molar-refractivity contribution in [3.63, 3.8) is 0 Å². The van der Waals surface area contributed by atoms with Crippen molar-refractivity contribution in [1.82, 2.24) is 0 Å². The molecule has 0 unspecified atom stereocenters. The fourth-order valence-corrected chi connectivity index (χ4v) is 1.13. The molecule has 0 fully saturated rings. The molecule has 0 saturated heterocycles. The van der Waals surface area contributed by atoms with E-state index >= 15 is 0 Å². The van der Waals surface area contributed by atoms with E-state index in [4.69, 9.17) is 5.11 Å². The monoisotopic (exact) mass is 190 g/mol. The Kier molecular flexibility index (Phi) is 3.69. The van der Waals surface area contributed by atoms with E-state index in [1.807, 2.05) is 0 Å². The number of sulfone groups is 1. The highest BCUT2D eigenvalue weighted by atomic mass is 32.2. The Morgan fingerprint density at radius 3 is 2.25 bits per heavy atom. The molecule has 0 atom stereocenters. The first-order valence-electron chi connectivity index (χ1n) is 3.17. The van der Waals surface area contributed by atoms with Gasteiger partial charge in [0, 0.05) is 10.3 Å². The lowest BCUT2D eigenvalue weighted by Crippen LogP contribution is -2.02. The van der Waals surface area contributed by atoms with E-state index < -0.39 is 15.8 Å². The topological polar surface area (TPSA) is 71.4 Å². The molecule has 0 aromatic heterocycles. The Hall–Kier alpha value is -1.10. The second-order valence-corrected chi connectivity index (χ2v) is 4.14. The number of hydrogen-bond acceptors (Lipinski definition) is 3. The maximum atomic E-state index is 10.9. The van der Waals surface area contributed by atoms with Crippen molar-refractivity contribution < 1.29 is 18.3 Å². The van der Waals surface area contributed by atoms with E-state index in [0.717, 1.165) is 5.41 Å². The smallest absolute Gasteiger partial charge is 0.303 e. The van der Waals surface area contributed by atoms with Crippen molar-refractivity contribution in [1.29, 1.82) is 0 Å². The minimum atomic E-state index is -3.49. The Balaban J connectivity index is 4.25. The van der Waals surface area contributed by atoms with Crippen molar-refractivity contribution in [3.8, 4) is 0 Å². The molecule has 0 heterocycles. The van der Waals surface area contributed by atoms with Crippen LogP contribution in [-0.2, 0) is 14.6 Å². The normalized spacial score (nSPS) is 10.7. The van der Waals surface area contributed by atoms with Crippen LogP contribution in [0.1, 0.15) is 12.8 Å². The van der Waals surface area contributed by atoms with E-state index in [1.54, 1.807) is 0 Å². The molecule has 0 rings (SSSR count). The third-order valence-electron chi connectivity index (χ3n) is 1.24. The first kappa shape index (κ1) is 10.9. The zero-order chi connectivity index (χ0) is 9.78. The van der Waals surface area contributed by atoms with Crippen LogP contribution >= 0.6 is 0 Å². The van der Waals surface area contributed by atoms with Gasteiger partial charge in [0.1, 0.15) is 0 Å². The third kappa shape index (κ3) is 3.34. The van der Waals surface area contributed by atoms with E-state index in [0.29, 0.717) is 0 Å². The predicted molar refractivity (Wildman–Crippen MR) is 45.1 cm³/mol. The lowest BCUT2D eigenvalue weighted by Gasteiger charge is -1.99. The summed E-state index contributed by atoms with van der Waals surface area (Å²) >= 11 is 0. The first-order valence-corrected chi connectivity index (χ1v) is 4.72. The molecular weight excluding hydrogens is 180 g/mol. The summed E-state index contributed by atoms with van der Waals surface area (Å²) in [5, 5.41) is 9.00. The zero-order valence-electron chi connectivity index (χ0n) is 6.49. The molecule has 0 aliphatic rings. The highest BCUT2D eigenvalue weighted by molar-refractivity contribution is 7.97. The van der Waals surface area contributed by atoms with Gasteiger partial charge in [0.05, 0.1) is 6.42 Å². The lowest BCUT2D eigenvalue weighted by atomic mass is 10.3. The van der Waals surface area contributed by atoms with Gasteiger partial charge in [-0.3, -0.25) is 4.79 Å². The van der Waals surface area contributed by atoms with Crippen molar-refractivity contribution in [2.45, 2.75) is 12.8 Å². The number of carbonyl (C=O) groups is 1. The quantitative estimate of drug-likeness (QED) is 0.699. The van der Waals surface area contributed by atoms with E-state index in [2.05, 4.69) is 13.2 Å². The van der Waals surface area contributed by atoms with Crippen molar-refractivity contribution >= 4 is 15.8 Å². The molecule has 0 aromatic carbocycles. The Labute approximate surface area is 71.1 Å². The van der Waals surface area contributed by atoms with Gasteiger partial charge in [-0.25, -0.2) is 8.42 Å². The maximum absolute atomic E-state index is 10.9. The van der Waals surface area contributed by atoms with Crippen LogP contribution in [0.5, 0.6) is 0 Å². The summed E-state index contributed by atoms with van der Waals surface area (Å²) in [4.78, 5) is 9.95. The molecule has 12 heavy (non-hydrogen) atoms. The SMILES string of the molecule is C=CS(=O)(=O)C(=C)CCC(=O)O. The average Bonchev–Trinajstić information content (AvgIpc) is 2.00. The van der Waals surface area contributed by atoms with Crippen LogP contribution in [-0.4, -0.2) is 19.5 Å². The summed E-state index contributed by atoms with van der Waals surface area (Å²) in [6.45, 7) is 6.33. The molecule has 5 heteroatoms. The Bertz CT molecular complexity index is 299. The first-order chi connectivity index (χ1) is 5.40. The summed E-state index contributed by atoms with van der Waals surface area (Å²) in [6, 6.07) is 0. The summed E-state index contributed by atoms with van der Waals surface area (Å²) in [5.74, 6) is -1.05. The van der Waals surface area contributed by atoms with Crippen LogP contribution in [0.15, 0.2) is 23.5 Å². The molecule has 68 valence electrons. The van der Waals surface area contributed by atoms with Crippen molar-refractivity contribution in [2.24, 2.45) is 0 Å². The lowest BCUT2D eigenvalue weighted by molar-refractivity contribution is -0.136. The largest absolute Gasteiger partial charge is 0.481 e. The van der Waals surface area contributed by atoms with Gasteiger partial charge >= 0.3 is 5.97 Å². The predicted octanol–water partition coefficient (Wildman–Crippen LogP) is 0.923. The molecule has 0 aliphatic heterocycles. The van der Waals surface area contributed by atoms with Gasteiger partial charge in [0.15, 0.2) is 9.84 Å². The van der Waals surface area contributed by atoms with Gasteiger partial charge in [-0.15, -0.1) is 0 Å². The summed E-state index contributed by atoms with van der Waals surface area (Å²) in [7, 11) is -3.49. The molecule has 4 nitrogen and oxygen atoms in total. The van der Waals surface area contributed by atoms with Crippen LogP contribution < -0.4 is 0 Å². The summed E-state index contributed by atoms with van der Waals surface area (Å²) < 4.78 is 21.8. The number of aliphatic carboxylic acids is 1. The Morgan fingerprint density at radius 2 is 1.92 bits per heavy atom. The summed E-state index contributed by atoms with van der Waals surface area (Å²) in [6.07, 6.45) is -0.296. The molecular formula is C7H10O4S. The van der Waals surface area contributed by atoms with Gasteiger partial charge in [-0.2, -0.15) is 0 Å². The van der Waals surface area contributed by atoms with Gasteiger partial charge in [-0.05, 0) is 6.42 Å². The van der Waals surface area contributed by atoms with E-state index in [1.165, 1.54) is 0 Å². The fraction of sp³-hybridized carbons (Fsp3) is 0.286. The van der Waals surface area contributed by atoms with Gasteiger partial charge in [-0.1, -0.05) is 13.2 Å². The fourth-order valence-electron chi connectivity index (χ4n) is 0.506. The van der Waals surface area contributed by atoms with E-state index in [-0.39, 0.29) is 17.7 Å². The third-order valence-corrected chi connectivity index (χ3v) is 2.69. The minimum absolute atomic E-state index is 0.0658. The number of rotatable bonds is 5. The molecule has 0 radical (unpaired) electrons.